The van der Waals surface area contributed by atoms with E-state index in [0.29, 0.717) is 13.2 Å². The number of rotatable bonds is 4. The van der Waals surface area contributed by atoms with E-state index in [9.17, 15) is 9.90 Å². The van der Waals surface area contributed by atoms with E-state index in [4.69, 9.17) is 9.47 Å². The van der Waals surface area contributed by atoms with E-state index in [-0.39, 0.29) is 0 Å². The third-order valence-electron chi connectivity index (χ3n) is 4.17. The summed E-state index contributed by atoms with van der Waals surface area (Å²) >= 11 is 0. The van der Waals surface area contributed by atoms with Crippen molar-refractivity contribution in [1.29, 1.82) is 0 Å². The van der Waals surface area contributed by atoms with Crippen LogP contribution in [0, 0.1) is 5.41 Å². The smallest absolute Gasteiger partial charge is 0.310 e. The lowest BCUT2D eigenvalue weighted by molar-refractivity contribution is -0.144. The van der Waals surface area contributed by atoms with Crippen LogP contribution in [0.5, 0.6) is 11.5 Å². The van der Waals surface area contributed by atoms with Crippen LogP contribution < -0.4 is 9.47 Å². The molecule has 108 valence electrons. The van der Waals surface area contributed by atoms with Crippen molar-refractivity contribution in [3.8, 4) is 11.5 Å². The second kappa shape index (κ2) is 4.98. The van der Waals surface area contributed by atoms with Gasteiger partial charge in [-0.1, -0.05) is 6.07 Å². The molecule has 1 heterocycles. The van der Waals surface area contributed by atoms with Gasteiger partial charge in [-0.3, -0.25) is 9.69 Å². The molecule has 0 unspecified atom stereocenters. The molecule has 0 amide bonds. The highest BCUT2D eigenvalue weighted by molar-refractivity contribution is 5.78. The molecule has 0 bridgehead atoms. The Labute approximate surface area is 118 Å². The van der Waals surface area contributed by atoms with Gasteiger partial charge in [-0.05, 0) is 18.9 Å². The van der Waals surface area contributed by atoms with Crippen molar-refractivity contribution >= 4 is 5.97 Å². The van der Waals surface area contributed by atoms with Crippen LogP contribution in [0.15, 0.2) is 18.2 Å². The number of aliphatic carboxylic acids is 1. The van der Waals surface area contributed by atoms with Crippen molar-refractivity contribution < 1.29 is 19.4 Å². The minimum Gasteiger partial charge on any atom is -0.497 e. The Morgan fingerprint density at radius 2 is 2.30 bits per heavy atom. The van der Waals surface area contributed by atoms with Crippen molar-refractivity contribution in [3.05, 3.63) is 23.8 Å². The molecule has 1 aliphatic carbocycles. The minimum absolute atomic E-state index is 0.517. The van der Waals surface area contributed by atoms with E-state index in [1.165, 1.54) is 0 Å². The molecule has 1 aromatic carbocycles. The minimum atomic E-state index is -0.669. The molecule has 20 heavy (non-hydrogen) atoms. The van der Waals surface area contributed by atoms with Crippen molar-refractivity contribution in [1.82, 2.24) is 4.90 Å². The average molecular weight is 277 g/mol. The fourth-order valence-corrected chi connectivity index (χ4v) is 2.68. The zero-order chi connectivity index (χ0) is 14.2. The number of hydrogen-bond donors (Lipinski definition) is 1. The molecule has 5 heteroatoms. The Hall–Kier alpha value is -1.75. The number of carboxylic acids is 1. The molecule has 1 aliphatic heterocycles. The number of benzene rings is 1. The maximum absolute atomic E-state index is 11.3. The summed E-state index contributed by atoms with van der Waals surface area (Å²) in [6.45, 7) is 2.67. The lowest BCUT2D eigenvalue weighted by atomic mass is 10.1. The Bertz CT molecular complexity index is 525. The summed E-state index contributed by atoms with van der Waals surface area (Å²) in [5.41, 5.74) is 0.571. The number of nitrogens with zero attached hydrogens (tertiary/aromatic N) is 1. The molecule has 0 radical (unpaired) electrons. The molecule has 1 fully saturated rings. The first kappa shape index (κ1) is 13.2. The molecule has 1 aromatic rings. The zero-order valence-electron chi connectivity index (χ0n) is 11.6. The molecule has 0 spiro atoms. The lowest BCUT2D eigenvalue weighted by Gasteiger charge is -2.23. The monoisotopic (exact) mass is 277 g/mol. The number of fused-ring (bicyclic) bond motifs is 1. The van der Waals surface area contributed by atoms with Gasteiger partial charge in [-0.15, -0.1) is 0 Å². The van der Waals surface area contributed by atoms with Crippen molar-refractivity contribution in [2.75, 3.05) is 26.8 Å². The van der Waals surface area contributed by atoms with Gasteiger partial charge in [0.25, 0.3) is 0 Å². The highest BCUT2D eigenvalue weighted by Gasteiger charge is 2.51. The molecule has 0 aromatic heterocycles. The Kier molecular flexibility index (Phi) is 3.30. The summed E-state index contributed by atoms with van der Waals surface area (Å²) in [5.74, 6) is 0.950. The number of carboxylic acid groups (broad SMARTS) is 1. The van der Waals surface area contributed by atoms with Crippen molar-refractivity contribution in [2.45, 2.75) is 19.4 Å². The lowest BCUT2D eigenvalue weighted by Crippen LogP contribution is -2.35. The van der Waals surface area contributed by atoms with Crippen LogP contribution in [0.1, 0.15) is 18.4 Å². The van der Waals surface area contributed by atoms with E-state index in [0.717, 1.165) is 43.0 Å². The first-order valence-electron chi connectivity index (χ1n) is 6.88. The van der Waals surface area contributed by atoms with E-state index < -0.39 is 11.4 Å². The first-order valence-corrected chi connectivity index (χ1v) is 6.88. The highest BCUT2D eigenvalue weighted by atomic mass is 16.5. The summed E-state index contributed by atoms with van der Waals surface area (Å²) in [6.07, 6.45) is 1.57. The van der Waals surface area contributed by atoms with Crippen LogP contribution in [-0.2, 0) is 11.3 Å². The molecule has 1 saturated carbocycles. The second-order valence-electron chi connectivity index (χ2n) is 5.62. The van der Waals surface area contributed by atoms with Crippen LogP contribution in [0.4, 0.5) is 0 Å². The topological polar surface area (TPSA) is 59.0 Å². The molecule has 2 aliphatic rings. The quantitative estimate of drug-likeness (QED) is 0.908. The fraction of sp³-hybridized carbons (Fsp3) is 0.533. The van der Waals surface area contributed by atoms with E-state index in [1.54, 1.807) is 7.11 Å². The van der Waals surface area contributed by atoms with Crippen molar-refractivity contribution in [2.24, 2.45) is 5.41 Å². The van der Waals surface area contributed by atoms with Gasteiger partial charge < -0.3 is 14.6 Å². The predicted molar refractivity (Wildman–Crippen MR) is 73.1 cm³/mol. The van der Waals surface area contributed by atoms with Crippen LogP contribution in [0.25, 0.3) is 0 Å². The van der Waals surface area contributed by atoms with Crippen LogP contribution >= 0.6 is 0 Å². The number of ether oxygens (including phenoxy) is 2. The normalized spacial score (nSPS) is 20.4. The summed E-state index contributed by atoms with van der Waals surface area (Å²) in [6, 6.07) is 5.80. The maximum Gasteiger partial charge on any atom is 0.310 e. The standard InChI is InChI=1S/C15H19NO4/c1-19-12-3-2-11-9-16(6-7-20-13(11)8-12)10-15(4-5-15)14(17)18/h2-3,8H,4-7,9-10H2,1H3,(H,17,18). The van der Waals surface area contributed by atoms with E-state index >= 15 is 0 Å². The third-order valence-corrected chi connectivity index (χ3v) is 4.17. The molecule has 5 nitrogen and oxygen atoms in total. The Morgan fingerprint density at radius 1 is 1.50 bits per heavy atom. The first-order chi connectivity index (χ1) is 9.63. The Balaban J connectivity index is 1.75. The SMILES string of the molecule is COc1ccc2c(c1)OCCN(CC1(C(=O)O)CC1)C2. The summed E-state index contributed by atoms with van der Waals surface area (Å²) in [7, 11) is 1.63. The van der Waals surface area contributed by atoms with Gasteiger partial charge in [0.1, 0.15) is 18.1 Å². The highest BCUT2D eigenvalue weighted by Crippen LogP contribution is 2.47. The van der Waals surface area contributed by atoms with Gasteiger partial charge in [0.15, 0.2) is 0 Å². The third kappa shape index (κ3) is 2.45. The molecule has 1 N–H and O–H groups in total. The zero-order valence-corrected chi connectivity index (χ0v) is 11.6. The van der Waals surface area contributed by atoms with Crippen LogP contribution in [0.3, 0.4) is 0 Å². The molecule has 0 atom stereocenters. The van der Waals surface area contributed by atoms with Crippen LogP contribution in [-0.4, -0.2) is 42.8 Å². The van der Waals surface area contributed by atoms with Gasteiger partial charge in [0, 0.05) is 31.3 Å². The molecule has 0 saturated heterocycles. The fourth-order valence-electron chi connectivity index (χ4n) is 2.68. The number of hydrogen-bond acceptors (Lipinski definition) is 4. The summed E-state index contributed by atoms with van der Waals surface area (Å²) in [4.78, 5) is 13.5. The number of carbonyl (C=O) groups is 1. The van der Waals surface area contributed by atoms with Gasteiger partial charge in [0.05, 0.1) is 12.5 Å². The molecule has 3 rings (SSSR count). The summed E-state index contributed by atoms with van der Waals surface area (Å²) < 4.78 is 10.9. The van der Waals surface area contributed by atoms with E-state index in [1.807, 2.05) is 18.2 Å². The average Bonchev–Trinajstić information content (AvgIpc) is 3.22. The van der Waals surface area contributed by atoms with Gasteiger partial charge in [-0.25, -0.2) is 0 Å². The van der Waals surface area contributed by atoms with Crippen LogP contribution in [0.2, 0.25) is 0 Å². The molecular formula is C15H19NO4. The largest absolute Gasteiger partial charge is 0.497 e. The van der Waals surface area contributed by atoms with Gasteiger partial charge in [-0.2, -0.15) is 0 Å². The predicted octanol–water partition coefficient (Wildman–Crippen LogP) is 1.75. The number of methoxy groups -OCH3 is 1. The maximum atomic E-state index is 11.3. The van der Waals surface area contributed by atoms with E-state index in [2.05, 4.69) is 4.90 Å². The van der Waals surface area contributed by atoms with Crippen molar-refractivity contribution in [3.63, 3.8) is 0 Å². The Morgan fingerprint density at radius 3 is 2.95 bits per heavy atom. The summed E-state index contributed by atoms with van der Waals surface area (Å²) in [5, 5.41) is 9.29. The molecular weight excluding hydrogens is 258 g/mol. The second-order valence-corrected chi connectivity index (χ2v) is 5.62. The van der Waals surface area contributed by atoms with Gasteiger partial charge >= 0.3 is 5.97 Å². The van der Waals surface area contributed by atoms with Gasteiger partial charge in [0.2, 0.25) is 0 Å².